The fraction of sp³-hybridized carbons (Fsp3) is 0.600. The minimum Gasteiger partial charge on any atom is -0.382 e. The molecule has 0 unspecified atom stereocenters. The van der Waals surface area contributed by atoms with Gasteiger partial charge in [0, 0.05) is 13.7 Å². The topological polar surface area (TPSA) is 55.6 Å². The lowest BCUT2D eigenvalue weighted by molar-refractivity contribution is -0.384. The van der Waals surface area contributed by atoms with E-state index in [1.165, 1.54) is 12.1 Å². The number of nitrogens with zero attached hydrogens (tertiary/aromatic N) is 2. The van der Waals surface area contributed by atoms with Crippen LogP contribution in [0.4, 0.5) is 15.8 Å². The zero-order valence-corrected chi connectivity index (χ0v) is 12.5. The molecule has 0 aromatic heterocycles. The maximum Gasteiger partial charge on any atom is 0.295 e. The predicted molar refractivity (Wildman–Crippen MR) is 79.1 cm³/mol. The van der Waals surface area contributed by atoms with Crippen molar-refractivity contribution < 1.29 is 14.1 Å². The lowest BCUT2D eigenvalue weighted by Crippen LogP contribution is -2.48. The summed E-state index contributed by atoms with van der Waals surface area (Å²) in [5.74, 6) is -0.586. The Morgan fingerprint density at radius 1 is 1.52 bits per heavy atom. The third-order valence-electron chi connectivity index (χ3n) is 4.15. The SMILES string of the molecule is CCC[C@@]1(COC)CCCN1c1ccc(F)cc1[N+](=O)[O-]. The van der Waals surface area contributed by atoms with Gasteiger partial charge in [-0.3, -0.25) is 10.1 Å². The largest absolute Gasteiger partial charge is 0.382 e. The first-order valence-electron chi connectivity index (χ1n) is 7.24. The fourth-order valence-corrected chi connectivity index (χ4v) is 3.40. The highest BCUT2D eigenvalue weighted by molar-refractivity contribution is 5.65. The Bertz CT molecular complexity index is 516. The van der Waals surface area contributed by atoms with Gasteiger partial charge in [-0.25, -0.2) is 4.39 Å². The number of methoxy groups -OCH3 is 1. The molecule has 0 spiro atoms. The third-order valence-corrected chi connectivity index (χ3v) is 4.15. The van der Waals surface area contributed by atoms with Crippen LogP contribution in [-0.4, -0.2) is 30.7 Å². The van der Waals surface area contributed by atoms with Crippen LogP contribution >= 0.6 is 0 Å². The fourth-order valence-electron chi connectivity index (χ4n) is 3.40. The van der Waals surface area contributed by atoms with Crippen molar-refractivity contribution in [3.8, 4) is 0 Å². The lowest BCUT2D eigenvalue weighted by atomic mass is 9.91. The lowest BCUT2D eigenvalue weighted by Gasteiger charge is -2.39. The van der Waals surface area contributed by atoms with Gasteiger partial charge in [0.1, 0.15) is 11.5 Å². The summed E-state index contributed by atoms with van der Waals surface area (Å²) in [7, 11) is 1.65. The van der Waals surface area contributed by atoms with Crippen LogP contribution < -0.4 is 4.90 Å². The molecule has 1 fully saturated rings. The Hall–Kier alpha value is -1.69. The van der Waals surface area contributed by atoms with Gasteiger partial charge in [-0.1, -0.05) is 13.3 Å². The van der Waals surface area contributed by atoms with Crippen molar-refractivity contribution in [1.29, 1.82) is 0 Å². The van der Waals surface area contributed by atoms with Crippen molar-refractivity contribution in [2.24, 2.45) is 0 Å². The minimum atomic E-state index is -0.586. The molecular formula is C15H21FN2O3. The normalized spacial score (nSPS) is 21.8. The second kappa shape index (κ2) is 6.39. The van der Waals surface area contributed by atoms with Crippen molar-refractivity contribution in [3.05, 3.63) is 34.1 Å². The smallest absolute Gasteiger partial charge is 0.295 e. The molecule has 1 atom stereocenters. The number of hydrogen-bond acceptors (Lipinski definition) is 4. The van der Waals surface area contributed by atoms with Gasteiger partial charge in [0.05, 0.1) is 23.1 Å². The summed E-state index contributed by atoms with van der Waals surface area (Å²) in [5, 5.41) is 11.2. The van der Waals surface area contributed by atoms with Crippen LogP contribution in [0.2, 0.25) is 0 Å². The Kier molecular flexibility index (Phi) is 4.77. The summed E-state index contributed by atoms with van der Waals surface area (Å²) in [6, 6.07) is 3.79. The number of halogens is 1. The summed E-state index contributed by atoms with van der Waals surface area (Å²) >= 11 is 0. The molecule has 21 heavy (non-hydrogen) atoms. The van der Waals surface area contributed by atoms with Crippen molar-refractivity contribution >= 4 is 11.4 Å². The molecule has 0 amide bonds. The molecule has 1 aliphatic rings. The van der Waals surface area contributed by atoms with Crippen molar-refractivity contribution in [1.82, 2.24) is 0 Å². The monoisotopic (exact) mass is 296 g/mol. The molecule has 1 aromatic rings. The Morgan fingerprint density at radius 3 is 2.90 bits per heavy atom. The van der Waals surface area contributed by atoms with Gasteiger partial charge in [-0.05, 0) is 31.4 Å². The first kappa shape index (κ1) is 15.7. The molecule has 0 saturated carbocycles. The zero-order valence-electron chi connectivity index (χ0n) is 12.5. The molecule has 1 aliphatic heterocycles. The third kappa shape index (κ3) is 3.00. The molecule has 0 N–H and O–H groups in total. The molecule has 2 rings (SSSR count). The molecule has 0 bridgehead atoms. The molecule has 1 saturated heterocycles. The van der Waals surface area contributed by atoms with Crippen LogP contribution in [0.1, 0.15) is 32.6 Å². The average molecular weight is 296 g/mol. The first-order valence-corrected chi connectivity index (χ1v) is 7.24. The molecular weight excluding hydrogens is 275 g/mol. The molecule has 0 aliphatic carbocycles. The highest BCUT2D eigenvalue weighted by atomic mass is 19.1. The van der Waals surface area contributed by atoms with E-state index in [-0.39, 0.29) is 11.2 Å². The first-order chi connectivity index (χ1) is 10.0. The molecule has 1 aromatic carbocycles. The van der Waals surface area contributed by atoms with E-state index in [1.807, 2.05) is 4.90 Å². The van der Waals surface area contributed by atoms with Gasteiger partial charge in [-0.15, -0.1) is 0 Å². The Labute approximate surface area is 123 Å². The average Bonchev–Trinajstić information content (AvgIpc) is 2.83. The Morgan fingerprint density at radius 2 is 2.29 bits per heavy atom. The highest BCUT2D eigenvalue weighted by Gasteiger charge is 2.42. The standard InChI is InChI=1S/C15H21FN2O3/c1-3-7-15(11-21-2)8-4-9-17(15)13-6-5-12(16)10-14(13)18(19)20/h5-6,10H,3-4,7-9,11H2,1-2H3/t15-/m0/s1. The van der Waals surface area contributed by atoms with E-state index < -0.39 is 10.7 Å². The van der Waals surface area contributed by atoms with Crippen molar-refractivity contribution in [3.63, 3.8) is 0 Å². The number of anilines is 1. The van der Waals surface area contributed by atoms with Gasteiger partial charge in [-0.2, -0.15) is 0 Å². The summed E-state index contributed by atoms with van der Waals surface area (Å²) < 4.78 is 18.7. The van der Waals surface area contributed by atoms with E-state index in [2.05, 4.69) is 6.92 Å². The minimum absolute atomic E-state index is 0.173. The van der Waals surface area contributed by atoms with Crippen LogP contribution in [0, 0.1) is 15.9 Å². The van der Waals surface area contributed by atoms with E-state index >= 15 is 0 Å². The number of nitro benzene ring substituents is 1. The second-order valence-electron chi connectivity index (χ2n) is 5.55. The maximum absolute atomic E-state index is 13.3. The van der Waals surface area contributed by atoms with Crippen LogP contribution in [0.3, 0.4) is 0 Å². The van der Waals surface area contributed by atoms with Gasteiger partial charge in [0.25, 0.3) is 5.69 Å². The van der Waals surface area contributed by atoms with E-state index in [0.717, 1.165) is 38.3 Å². The number of hydrogen-bond donors (Lipinski definition) is 0. The molecule has 1 heterocycles. The summed E-state index contributed by atoms with van der Waals surface area (Å²) in [6.07, 6.45) is 3.76. The van der Waals surface area contributed by atoms with Crippen LogP contribution in [0.5, 0.6) is 0 Å². The number of ether oxygens (including phenoxy) is 1. The summed E-state index contributed by atoms with van der Waals surface area (Å²) in [5.41, 5.74) is 0.0874. The van der Waals surface area contributed by atoms with Crippen LogP contribution in [-0.2, 0) is 4.74 Å². The van der Waals surface area contributed by atoms with Crippen LogP contribution in [0.25, 0.3) is 0 Å². The number of nitro groups is 1. The molecule has 116 valence electrons. The van der Waals surface area contributed by atoms with E-state index in [4.69, 9.17) is 4.74 Å². The highest BCUT2D eigenvalue weighted by Crippen LogP contribution is 2.41. The quantitative estimate of drug-likeness (QED) is 0.595. The summed E-state index contributed by atoms with van der Waals surface area (Å²) in [6.45, 7) is 3.35. The summed E-state index contributed by atoms with van der Waals surface area (Å²) in [4.78, 5) is 12.8. The Balaban J connectivity index is 2.46. The second-order valence-corrected chi connectivity index (χ2v) is 5.55. The van der Waals surface area contributed by atoms with E-state index in [0.29, 0.717) is 12.3 Å². The molecule has 0 radical (unpaired) electrons. The maximum atomic E-state index is 13.3. The molecule has 6 heteroatoms. The van der Waals surface area contributed by atoms with E-state index in [9.17, 15) is 14.5 Å². The predicted octanol–water partition coefficient (Wildman–Crippen LogP) is 3.52. The van der Waals surface area contributed by atoms with Gasteiger partial charge >= 0.3 is 0 Å². The zero-order chi connectivity index (χ0) is 15.5. The number of rotatable bonds is 6. The van der Waals surface area contributed by atoms with Gasteiger partial charge in [0.2, 0.25) is 0 Å². The van der Waals surface area contributed by atoms with Gasteiger partial charge < -0.3 is 9.64 Å². The van der Waals surface area contributed by atoms with Gasteiger partial charge in [0.15, 0.2) is 0 Å². The van der Waals surface area contributed by atoms with E-state index in [1.54, 1.807) is 7.11 Å². The van der Waals surface area contributed by atoms with Crippen LogP contribution in [0.15, 0.2) is 18.2 Å². The number of benzene rings is 1. The molecule has 5 nitrogen and oxygen atoms in total. The van der Waals surface area contributed by atoms with Crippen molar-refractivity contribution in [2.75, 3.05) is 25.2 Å². The van der Waals surface area contributed by atoms with Crippen molar-refractivity contribution in [2.45, 2.75) is 38.1 Å².